The van der Waals surface area contributed by atoms with Gasteiger partial charge in [0.05, 0.1) is 32.3 Å². The van der Waals surface area contributed by atoms with Crippen molar-refractivity contribution < 1.29 is 0 Å². The number of allylic oxidation sites excluding steroid dienone is 4. The summed E-state index contributed by atoms with van der Waals surface area (Å²) in [5.41, 5.74) is 18.9. The molecule has 10 aromatic carbocycles. The van der Waals surface area contributed by atoms with Gasteiger partial charge in [0.25, 0.3) is 0 Å². The maximum absolute atomic E-state index is 5.55. The van der Waals surface area contributed by atoms with Crippen LogP contribution in [0.3, 0.4) is 0 Å². The molecule has 0 atom stereocenters. The molecule has 0 radical (unpaired) electrons. The topological polar surface area (TPSA) is 22.8 Å². The van der Waals surface area contributed by atoms with Crippen molar-refractivity contribution in [2.75, 3.05) is 0 Å². The minimum Gasteiger partial charge on any atom is -0.310 e. The van der Waals surface area contributed by atoms with Gasteiger partial charge in [-0.2, -0.15) is 0 Å². The summed E-state index contributed by atoms with van der Waals surface area (Å²) < 4.78 is 8.60. The average Bonchev–Trinajstić information content (AvgIpc) is 4.23. The number of benzene rings is 10. The van der Waals surface area contributed by atoms with Crippen molar-refractivity contribution in [3.63, 3.8) is 0 Å². The summed E-state index contributed by atoms with van der Waals surface area (Å²) in [6, 6.07) is 80.5. The third-order valence-electron chi connectivity index (χ3n) is 14.8. The lowest BCUT2D eigenvalue weighted by atomic mass is 9.95. The molecule has 0 spiro atoms. The molecule has 0 amide bonds. The number of nitrogens with zero attached hydrogens (tertiary/aromatic N) is 3. The van der Waals surface area contributed by atoms with Crippen LogP contribution >= 0.6 is 22.7 Å². The Labute approximate surface area is 424 Å². The first-order valence-electron chi connectivity index (χ1n) is 24.7. The predicted molar refractivity (Wildman–Crippen MR) is 310 cm³/mol. The van der Waals surface area contributed by atoms with Crippen LogP contribution in [-0.4, -0.2) is 14.1 Å². The lowest BCUT2D eigenvalue weighted by Crippen LogP contribution is -1.96. The van der Waals surface area contributed by atoms with Crippen LogP contribution in [0.1, 0.15) is 12.8 Å². The number of hydrogen-bond donors (Lipinski definition) is 0. The largest absolute Gasteiger partial charge is 0.310 e. The van der Waals surface area contributed by atoms with Crippen molar-refractivity contribution in [3.8, 4) is 60.8 Å². The monoisotopic (exact) mass is 953 g/mol. The van der Waals surface area contributed by atoms with Crippen molar-refractivity contribution >= 4 is 102 Å². The van der Waals surface area contributed by atoms with Gasteiger partial charge in [-0.3, -0.25) is 0 Å². The van der Waals surface area contributed by atoms with Crippen molar-refractivity contribution in [2.45, 2.75) is 12.8 Å². The smallest absolute Gasteiger partial charge is 0.124 e. The number of hydrogen-bond acceptors (Lipinski definition) is 3. The highest BCUT2D eigenvalue weighted by Crippen LogP contribution is 2.45. The summed E-state index contributed by atoms with van der Waals surface area (Å²) in [7, 11) is 0. The fraction of sp³-hybridized carbons (Fsp3) is 0.0299. The first-order valence-corrected chi connectivity index (χ1v) is 26.4. The second kappa shape index (κ2) is 16.5. The summed E-state index contributed by atoms with van der Waals surface area (Å²) in [4.78, 5) is 5.55. The number of para-hydroxylation sites is 3. The number of thiazole rings is 1. The van der Waals surface area contributed by atoms with Crippen molar-refractivity contribution in [1.29, 1.82) is 0 Å². The molecule has 0 aliphatic heterocycles. The van der Waals surface area contributed by atoms with E-state index < -0.39 is 0 Å². The number of rotatable bonds is 7. The quantitative estimate of drug-likeness (QED) is 0.156. The average molecular weight is 954 g/mol. The zero-order chi connectivity index (χ0) is 47.3. The van der Waals surface area contributed by atoms with Crippen LogP contribution in [0, 0.1) is 0 Å². The van der Waals surface area contributed by atoms with Gasteiger partial charge < -0.3 is 9.13 Å². The maximum Gasteiger partial charge on any atom is 0.124 e. The highest BCUT2D eigenvalue weighted by Gasteiger charge is 2.20. The molecule has 14 aromatic rings. The fourth-order valence-electron chi connectivity index (χ4n) is 11.3. The molecule has 0 saturated carbocycles. The second-order valence-electron chi connectivity index (χ2n) is 18.9. The van der Waals surface area contributed by atoms with E-state index in [9.17, 15) is 0 Å². The van der Waals surface area contributed by atoms with Crippen molar-refractivity contribution in [2.24, 2.45) is 0 Å². The van der Waals surface area contributed by atoms with E-state index in [4.69, 9.17) is 4.98 Å². The van der Waals surface area contributed by atoms with Gasteiger partial charge in [0.15, 0.2) is 0 Å². The van der Waals surface area contributed by atoms with Crippen molar-refractivity contribution in [3.05, 3.63) is 237 Å². The van der Waals surface area contributed by atoms with Crippen LogP contribution in [-0.2, 0) is 0 Å². The van der Waals surface area contributed by atoms with Crippen molar-refractivity contribution in [1.82, 2.24) is 14.1 Å². The minimum absolute atomic E-state index is 1.03. The molecule has 72 heavy (non-hydrogen) atoms. The van der Waals surface area contributed by atoms with Gasteiger partial charge in [-0.15, -0.1) is 22.7 Å². The number of thiophene rings is 1. The summed E-state index contributed by atoms with van der Waals surface area (Å²) in [6.45, 7) is 0. The van der Waals surface area contributed by atoms with Crippen LogP contribution in [0.4, 0.5) is 0 Å². The standard InChI is InChI=1S/C67H43N3S2/c1-3-13-49(14-4-1)69-59-20-10-7-17-53(59)56-39-46(31-36-61(56)69)42-23-27-44(28-24-42)51-34-35-52(66-65(51)68-67(72-66)48-33-38-64-58(41-48)55-19-9-12-22-63(55)71-64)45-29-25-43(26-30-45)47-32-37-62-57(40-47)54-18-8-11-21-60(54)70(62)50-15-5-2-6-16-50/h2-3,5-41H,1,4H2. The van der Waals surface area contributed by atoms with E-state index in [2.05, 4.69) is 246 Å². The van der Waals surface area contributed by atoms with Crippen LogP contribution < -0.4 is 0 Å². The Balaban J connectivity index is 0.823. The molecule has 0 fully saturated rings. The molecule has 4 heterocycles. The van der Waals surface area contributed by atoms with Crippen LogP contribution in [0.2, 0.25) is 0 Å². The summed E-state index contributed by atoms with van der Waals surface area (Å²) in [6.07, 6.45) is 9.09. The normalized spacial score (nSPS) is 12.9. The van der Waals surface area contributed by atoms with Gasteiger partial charge in [-0.25, -0.2) is 4.98 Å². The van der Waals surface area contributed by atoms with E-state index in [1.807, 2.05) is 11.3 Å². The van der Waals surface area contributed by atoms with Gasteiger partial charge in [0.1, 0.15) is 5.01 Å². The molecular formula is C67H43N3S2. The highest BCUT2D eigenvalue weighted by molar-refractivity contribution is 7.26. The molecule has 15 rings (SSSR count). The van der Waals surface area contributed by atoms with E-state index in [1.165, 1.54) is 113 Å². The third-order valence-corrected chi connectivity index (χ3v) is 17.1. The van der Waals surface area contributed by atoms with E-state index in [-0.39, 0.29) is 0 Å². The molecule has 0 saturated heterocycles. The molecule has 0 bridgehead atoms. The Morgan fingerprint density at radius 1 is 0.361 bits per heavy atom. The zero-order valence-electron chi connectivity index (χ0n) is 39.1. The van der Waals surface area contributed by atoms with Gasteiger partial charge in [0.2, 0.25) is 0 Å². The summed E-state index contributed by atoms with van der Waals surface area (Å²) in [5.74, 6) is 0. The molecule has 3 nitrogen and oxygen atoms in total. The Bertz CT molecular complexity index is 4540. The SMILES string of the molecule is C1=CC(n2c3ccccc3c3cc(-c4ccc(-c5ccc(-c6ccc(-c7ccc8c(c7)c7ccccc7n8-c7ccccc7)cc6)c6sc(-c7ccc8sc9ccccc9c8c7)nc56)cc4)ccc32)=CCC1. The number of fused-ring (bicyclic) bond motifs is 10. The maximum atomic E-state index is 5.55. The number of aromatic nitrogens is 3. The lowest BCUT2D eigenvalue weighted by molar-refractivity contribution is 1.02. The Morgan fingerprint density at radius 3 is 1.58 bits per heavy atom. The van der Waals surface area contributed by atoms with Gasteiger partial charge in [-0.1, -0.05) is 164 Å². The Morgan fingerprint density at radius 2 is 0.889 bits per heavy atom. The fourth-order valence-corrected chi connectivity index (χ4v) is 13.5. The molecule has 0 N–H and O–H groups in total. The Kier molecular flexibility index (Phi) is 9.44. The van der Waals surface area contributed by atoms with Crippen LogP contribution in [0.25, 0.3) is 140 Å². The van der Waals surface area contributed by atoms with E-state index >= 15 is 0 Å². The second-order valence-corrected chi connectivity index (χ2v) is 21.0. The van der Waals surface area contributed by atoms with Crippen LogP contribution in [0.15, 0.2) is 237 Å². The van der Waals surface area contributed by atoms with E-state index in [0.29, 0.717) is 0 Å². The predicted octanol–water partition coefficient (Wildman–Crippen LogP) is 19.4. The molecule has 1 aliphatic rings. The van der Waals surface area contributed by atoms with Gasteiger partial charge >= 0.3 is 0 Å². The minimum atomic E-state index is 1.03. The molecule has 338 valence electrons. The summed E-state index contributed by atoms with van der Waals surface area (Å²) >= 11 is 3.65. The lowest BCUT2D eigenvalue weighted by Gasteiger charge is -2.12. The summed E-state index contributed by atoms with van der Waals surface area (Å²) in [5, 5.41) is 8.67. The van der Waals surface area contributed by atoms with E-state index in [0.717, 1.165) is 40.1 Å². The first kappa shape index (κ1) is 41.2. The molecular weight excluding hydrogens is 911 g/mol. The van der Waals surface area contributed by atoms with Gasteiger partial charge in [0, 0.05) is 69.8 Å². The highest BCUT2D eigenvalue weighted by atomic mass is 32.1. The Hall–Kier alpha value is -8.61. The molecule has 0 unspecified atom stereocenters. The molecule has 5 heteroatoms. The first-order chi connectivity index (χ1) is 35.7. The van der Waals surface area contributed by atoms with Gasteiger partial charge in [-0.05, 0) is 119 Å². The zero-order valence-corrected chi connectivity index (χ0v) is 40.7. The van der Waals surface area contributed by atoms with Crippen LogP contribution in [0.5, 0.6) is 0 Å². The third kappa shape index (κ3) is 6.58. The molecule has 4 aromatic heterocycles. The van der Waals surface area contributed by atoms with E-state index in [1.54, 1.807) is 11.3 Å². The molecule has 1 aliphatic carbocycles.